The number of hydrogen-bond donors (Lipinski definition) is 0. The molecule has 2 saturated heterocycles. The van der Waals surface area contributed by atoms with E-state index in [4.69, 9.17) is 16.3 Å². The van der Waals surface area contributed by atoms with Gasteiger partial charge in [-0.2, -0.15) is 0 Å². The average molecular weight is 438 g/mol. The number of nitrogens with zero attached hydrogens (tertiary/aromatic N) is 2. The standard InChI is InChI=1S/C20H29ClN2O2.2ClH/c1-17(24)20(18-4-2-5-19(21)16-18)6-10-22(11-7-20)8-3-9-23-12-14-25-15-13-23;;/h2,4-5,16H,3,6-15H2,1H3;2*1H. The zero-order valence-corrected chi connectivity index (χ0v) is 18.4. The summed E-state index contributed by atoms with van der Waals surface area (Å²) in [5.41, 5.74) is 0.728. The van der Waals surface area contributed by atoms with Gasteiger partial charge in [-0.15, -0.1) is 24.8 Å². The smallest absolute Gasteiger partial charge is 0.140 e. The number of rotatable bonds is 6. The number of piperidine rings is 1. The first kappa shape index (κ1) is 24.7. The summed E-state index contributed by atoms with van der Waals surface area (Å²) in [7, 11) is 0. The maximum atomic E-state index is 12.5. The molecule has 2 fully saturated rings. The predicted molar refractivity (Wildman–Crippen MR) is 116 cm³/mol. The van der Waals surface area contributed by atoms with Crippen LogP contribution in [0.15, 0.2) is 24.3 Å². The van der Waals surface area contributed by atoms with Crippen LogP contribution in [0.2, 0.25) is 5.02 Å². The fraction of sp³-hybridized carbons (Fsp3) is 0.650. The second kappa shape index (κ2) is 11.6. The summed E-state index contributed by atoms with van der Waals surface area (Å²) < 4.78 is 5.40. The van der Waals surface area contributed by atoms with E-state index >= 15 is 0 Å². The Hall–Kier alpha value is -0.360. The molecule has 3 rings (SSSR count). The topological polar surface area (TPSA) is 32.8 Å². The SMILES string of the molecule is CC(=O)C1(c2cccc(Cl)c2)CCN(CCCN2CCOCC2)CC1.Cl.Cl. The first-order valence-electron chi connectivity index (χ1n) is 9.40. The maximum absolute atomic E-state index is 12.5. The number of ketones is 1. The molecule has 1 aromatic carbocycles. The summed E-state index contributed by atoms with van der Waals surface area (Å²) >= 11 is 6.17. The summed E-state index contributed by atoms with van der Waals surface area (Å²) in [6, 6.07) is 7.86. The molecule has 2 heterocycles. The monoisotopic (exact) mass is 436 g/mol. The van der Waals surface area contributed by atoms with E-state index in [1.54, 1.807) is 6.92 Å². The first-order valence-corrected chi connectivity index (χ1v) is 9.77. The third kappa shape index (κ3) is 6.31. The van der Waals surface area contributed by atoms with Crippen molar-refractivity contribution in [3.05, 3.63) is 34.9 Å². The van der Waals surface area contributed by atoms with E-state index in [0.29, 0.717) is 5.02 Å². The molecule has 4 nitrogen and oxygen atoms in total. The third-order valence-corrected chi connectivity index (χ3v) is 6.05. The van der Waals surface area contributed by atoms with Crippen LogP contribution in [0.5, 0.6) is 0 Å². The Balaban J connectivity index is 0.00000182. The van der Waals surface area contributed by atoms with Crippen LogP contribution in [-0.4, -0.2) is 68.1 Å². The van der Waals surface area contributed by atoms with Crippen molar-refractivity contribution in [1.82, 2.24) is 9.80 Å². The molecule has 0 saturated carbocycles. The quantitative estimate of drug-likeness (QED) is 0.677. The van der Waals surface area contributed by atoms with E-state index in [-0.39, 0.29) is 36.0 Å². The zero-order chi connectivity index (χ0) is 17.7. The highest BCUT2D eigenvalue weighted by Crippen LogP contribution is 2.37. The Morgan fingerprint density at radius 2 is 1.67 bits per heavy atom. The van der Waals surface area contributed by atoms with Crippen LogP contribution in [-0.2, 0) is 14.9 Å². The number of morpholine rings is 1. The number of likely N-dealkylation sites (tertiary alicyclic amines) is 1. The molecule has 0 spiro atoms. The van der Waals surface area contributed by atoms with Gasteiger partial charge < -0.3 is 9.64 Å². The number of benzene rings is 1. The highest BCUT2D eigenvalue weighted by molar-refractivity contribution is 6.30. The number of carbonyl (C=O) groups is 1. The van der Waals surface area contributed by atoms with Gasteiger partial charge in [0.2, 0.25) is 0 Å². The Morgan fingerprint density at radius 1 is 1.07 bits per heavy atom. The fourth-order valence-corrected chi connectivity index (χ4v) is 4.32. The van der Waals surface area contributed by atoms with Crippen molar-refractivity contribution in [2.24, 2.45) is 0 Å². The number of ether oxygens (including phenoxy) is 1. The summed E-state index contributed by atoms with van der Waals surface area (Å²) in [5.74, 6) is 0.266. The van der Waals surface area contributed by atoms with Gasteiger partial charge in [0.25, 0.3) is 0 Å². The van der Waals surface area contributed by atoms with E-state index < -0.39 is 0 Å². The fourth-order valence-electron chi connectivity index (χ4n) is 4.13. The molecule has 0 radical (unpaired) electrons. The van der Waals surface area contributed by atoms with Crippen molar-refractivity contribution in [1.29, 1.82) is 0 Å². The zero-order valence-electron chi connectivity index (χ0n) is 16.0. The van der Waals surface area contributed by atoms with Crippen LogP contribution < -0.4 is 0 Å². The normalized spacial score (nSPS) is 20.4. The second-order valence-corrected chi connectivity index (χ2v) is 7.73. The molecule has 0 amide bonds. The minimum absolute atomic E-state index is 0. The lowest BCUT2D eigenvalue weighted by Crippen LogP contribution is -2.47. The summed E-state index contributed by atoms with van der Waals surface area (Å²) in [5, 5.41) is 0.714. The highest BCUT2D eigenvalue weighted by atomic mass is 35.5. The predicted octanol–water partition coefficient (Wildman–Crippen LogP) is 3.83. The molecule has 0 bridgehead atoms. The molecule has 0 atom stereocenters. The molecule has 154 valence electrons. The van der Waals surface area contributed by atoms with Crippen LogP contribution in [0.3, 0.4) is 0 Å². The van der Waals surface area contributed by atoms with Gasteiger partial charge in [0, 0.05) is 18.1 Å². The lowest BCUT2D eigenvalue weighted by atomic mass is 9.70. The van der Waals surface area contributed by atoms with Crippen LogP contribution >= 0.6 is 36.4 Å². The molecule has 2 aliphatic heterocycles. The number of hydrogen-bond acceptors (Lipinski definition) is 4. The second-order valence-electron chi connectivity index (χ2n) is 7.30. The largest absolute Gasteiger partial charge is 0.379 e. The molecule has 0 aromatic heterocycles. The third-order valence-electron chi connectivity index (χ3n) is 5.81. The highest BCUT2D eigenvalue weighted by Gasteiger charge is 2.40. The number of Topliss-reactive ketones (excluding diaryl/α,β-unsaturated/α-hetero) is 1. The minimum atomic E-state index is -0.356. The van der Waals surface area contributed by atoms with Crippen LogP contribution in [0, 0.1) is 0 Å². The van der Waals surface area contributed by atoms with Crippen LogP contribution in [0.4, 0.5) is 0 Å². The lowest BCUT2D eigenvalue weighted by Gasteiger charge is -2.41. The van der Waals surface area contributed by atoms with Gasteiger partial charge in [-0.25, -0.2) is 0 Å². The summed E-state index contributed by atoms with van der Waals surface area (Å²) in [6.07, 6.45) is 2.96. The van der Waals surface area contributed by atoms with Crippen LogP contribution in [0.1, 0.15) is 31.7 Å². The maximum Gasteiger partial charge on any atom is 0.140 e. The van der Waals surface area contributed by atoms with E-state index in [0.717, 1.165) is 70.9 Å². The first-order chi connectivity index (χ1) is 12.1. The summed E-state index contributed by atoms with van der Waals surface area (Å²) in [4.78, 5) is 17.5. The van der Waals surface area contributed by atoms with E-state index in [1.165, 1.54) is 6.42 Å². The molecular formula is C20H31Cl3N2O2. The van der Waals surface area contributed by atoms with Crippen molar-refractivity contribution in [3.8, 4) is 0 Å². The van der Waals surface area contributed by atoms with Gasteiger partial charge >= 0.3 is 0 Å². The molecule has 2 aliphatic rings. The van der Waals surface area contributed by atoms with E-state index in [2.05, 4.69) is 15.9 Å². The Kier molecular flexibility index (Phi) is 10.6. The molecule has 7 heteroatoms. The van der Waals surface area contributed by atoms with Crippen molar-refractivity contribution in [2.75, 3.05) is 52.5 Å². The van der Waals surface area contributed by atoms with E-state index in [9.17, 15) is 4.79 Å². The van der Waals surface area contributed by atoms with Gasteiger partial charge in [0.15, 0.2) is 0 Å². The average Bonchev–Trinajstić information content (AvgIpc) is 2.63. The van der Waals surface area contributed by atoms with Gasteiger partial charge in [-0.1, -0.05) is 23.7 Å². The summed E-state index contributed by atoms with van der Waals surface area (Å²) in [6.45, 7) is 9.80. The Morgan fingerprint density at radius 3 is 2.22 bits per heavy atom. The molecule has 0 aliphatic carbocycles. The Bertz CT molecular complexity index is 586. The molecule has 0 unspecified atom stereocenters. The van der Waals surface area contributed by atoms with Crippen molar-refractivity contribution >= 4 is 42.2 Å². The van der Waals surface area contributed by atoms with Gasteiger partial charge in [0.1, 0.15) is 5.78 Å². The minimum Gasteiger partial charge on any atom is -0.379 e. The van der Waals surface area contributed by atoms with Gasteiger partial charge in [0.05, 0.1) is 18.6 Å². The van der Waals surface area contributed by atoms with Crippen molar-refractivity contribution in [2.45, 2.75) is 31.6 Å². The molecule has 1 aromatic rings. The lowest BCUT2D eigenvalue weighted by molar-refractivity contribution is -0.124. The number of halogens is 3. The van der Waals surface area contributed by atoms with Crippen molar-refractivity contribution < 1.29 is 9.53 Å². The van der Waals surface area contributed by atoms with Gasteiger partial charge in [-0.05, 0) is 70.1 Å². The van der Waals surface area contributed by atoms with Gasteiger partial charge in [-0.3, -0.25) is 9.69 Å². The molecule has 0 N–H and O–H groups in total. The number of carbonyl (C=O) groups excluding carboxylic acids is 1. The van der Waals surface area contributed by atoms with Crippen LogP contribution in [0.25, 0.3) is 0 Å². The Labute approximate surface area is 180 Å². The van der Waals surface area contributed by atoms with Crippen molar-refractivity contribution in [3.63, 3.8) is 0 Å². The molecule has 27 heavy (non-hydrogen) atoms. The van der Waals surface area contributed by atoms with E-state index in [1.807, 2.05) is 18.2 Å². The molecular weight excluding hydrogens is 407 g/mol.